The molecule has 3 aromatic rings. The molecule has 0 saturated carbocycles. The zero-order chi connectivity index (χ0) is 26.8. The summed E-state index contributed by atoms with van der Waals surface area (Å²) in [5.41, 5.74) is -2.63. The zero-order valence-corrected chi connectivity index (χ0v) is 21.3. The van der Waals surface area contributed by atoms with E-state index in [9.17, 15) is 31.0 Å². The number of carbonyl (C=O) groups excluding carboxylic acids is 2. The van der Waals surface area contributed by atoms with Gasteiger partial charge in [0.25, 0.3) is 0 Å². The lowest BCUT2D eigenvalue weighted by Crippen LogP contribution is -2.41. The SMILES string of the molecule is CCCS(=O)(=O)N(c1cc(F)c(F)c(C(=O)c2ccc3ncc(Cl)nc3c2)c1F)S(=O)(=C=O)CCC. The molecule has 192 valence electrons. The molecule has 1 unspecified atom stereocenters. The van der Waals surface area contributed by atoms with Gasteiger partial charge in [0.15, 0.2) is 23.2 Å². The van der Waals surface area contributed by atoms with Crippen molar-refractivity contribution in [3.05, 3.63) is 64.2 Å². The van der Waals surface area contributed by atoms with E-state index in [1.54, 1.807) is 0 Å². The van der Waals surface area contributed by atoms with Gasteiger partial charge >= 0.3 is 0 Å². The molecule has 3 rings (SSSR count). The summed E-state index contributed by atoms with van der Waals surface area (Å²) in [5, 5.41) is 1.12. The highest BCUT2D eigenvalue weighted by Crippen LogP contribution is 2.33. The van der Waals surface area contributed by atoms with Gasteiger partial charge in [0.2, 0.25) is 15.3 Å². The smallest absolute Gasteiger partial charge is 0.246 e. The predicted molar refractivity (Wildman–Crippen MR) is 130 cm³/mol. The molecule has 1 aromatic heterocycles. The molecule has 0 aliphatic carbocycles. The normalized spacial score (nSPS) is 13.3. The average Bonchev–Trinajstić information content (AvgIpc) is 2.82. The Morgan fingerprint density at radius 1 is 1.03 bits per heavy atom. The molecule has 0 radical (unpaired) electrons. The lowest BCUT2D eigenvalue weighted by molar-refractivity contribution is 0.103. The number of anilines is 1. The molecular weight excluding hydrogens is 543 g/mol. The molecule has 1 heterocycles. The first kappa shape index (κ1) is 27.6. The highest BCUT2D eigenvalue weighted by molar-refractivity contribution is 8.14. The molecule has 2 aromatic carbocycles. The molecule has 0 aliphatic rings. The molecule has 1 atom stereocenters. The number of sulfonamides is 1. The number of benzene rings is 2. The van der Waals surface area contributed by atoms with Gasteiger partial charge in [-0.25, -0.2) is 35.6 Å². The van der Waals surface area contributed by atoms with E-state index in [4.69, 9.17) is 11.6 Å². The minimum Gasteiger partial charge on any atom is -0.288 e. The summed E-state index contributed by atoms with van der Waals surface area (Å²) in [6.07, 6.45) is 1.23. The van der Waals surface area contributed by atoms with E-state index >= 15 is 4.39 Å². The first-order valence-corrected chi connectivity index (χ1v) is 14.2. The van der Waals surface area contributed by atoms with E-state index in [1.807, 2.05) is 0 Å². The third kappa shape index (κ3) is 5.10. The van der Waals surface area contributed by atoms with E-state index < -0.39 is 65.7 Å². The van der Waals surface area contributed by atoms with Crippen molar-refractivity contribution in [2.45, 2.75) is 26.7 Å². The number of halogens is 4. The van der Waals surface area contributed by atoms with Crippen molar-refractivity contribution in [1.82, 2.24) is 9.97 Å². The van der Waals surface area contributed by atoms with Crippen molar-refractivity contribution in [2.24, 2.45) is 0 Å². The number of carbonyl (C=O) groups is 1. The van der Waals surface area contributed by atoms with E-state index in [-0.39, 0.29) is 38.9 Å². The standard InChI is InChI=1S/C22H19ClF3N3O5S2/c1-3-7-35(32,12-30)29(36(33,34)8-4-2)17-10-14(24)20(25)19(21(17)26)22(31)13-5-6-15-16(9-13)28-18(23)11-27-15/h5-6,9-11H,3-4,7-8H2,1-2H3. The topological polar surface area (TPSA) is 114 Å². The summed E-state index contributed by atoms with van der Waals surface area (Å²) in [5.74, 6) is -8.12. The van der Waals surface area contributed by atoms with Gasteiger partial charge in [0, 0.05) is 17.4 Å². The van der Waals surface area contributed by atoms with Crippen LogP contribution in [0.25, 0.3) is 11.0 Å². The molecular formula is C22H19ClF3N3O5S2. The van der Waals surface area contributed by atoms with E-state index in [0.29, 0.717) is 5.52 Å². The average molecular weight is 562 g/mol. The van der Waals surface area contributed by atoms with Crippen LogP contribution in [-0.4, -0.2) is 45.1 Å². The Bertz CT molecular complexity index is 1620. The minimum atomic E-state index is -4.69. The van der Waals surface area contributed by atoms with Crippen LogP contribution in [0.15, 0.2) is 30.5 Å². The van der Waals surface area contributed by atoms with Gasteiger partial charge in [-0.05, 0) is 31.0 Å². The molecule has 14 heteroatoms. The fourth-order valence-electron chi connectivity index (χ4n) is 3.47. The van der Waals surface area contributed by atoms with E-state index in [0.717, 1.165) is 17.4 Å². The zero-order valence-electron chi connectivity index (χ0n) is 18.9. The summed E-state index contributed by atoms with van der Waals surface area (Å²) >= 11 is 5.80. The maximum atomic E-state index is 15.7. The summed E-state index contributed by atoms with van der Waals surface area (Å²) in [4.78, 5) is 32.7. The van der Waals surface area contributed by atoms with Gasteiger partial charge in [-0.3, -0.25) is 9.78 Å². The second-order valence-electron chi connectivity index (χ2n) is 7.58. The maximum absolute atomic E-state index is 15.7. The van der Waals surface area contributed by atoms with Gasteiger partial charge in [-0.1, -0.05) is 25.4 Å². The molecule has 0 saturated heterocycles. The fraction of sp³-hybridized carbons (Fsp3) is 0.273. The van der Waals surface area contributed by atoms with Gasteiger partial charge in [0.05, 0.1) is 28.5 Å². The van der Waals surface area contributed by atoms with Crippen LogP contribution >= 0.6 is 11.6 Å². The first-order valence-electron chi connectivity index (χ1n) is 10.5. The largest absolute Gasteiger partial charge is 0.288 e. The van der Waals surface area contributed by atoms with Crippen molar-refractivity contribution < 1.29 is 35.4 Å². The monoisotopic (exact) mass is 561 g/mol. The van der Waals surface area contributed by atoms with Gasteiger partial charge in [-0.2, -0.15) is 3.71 Å². The van der Waals surface area contributed by atoms with Crippen LogP contribution in [0.3, 0.4) is 0 Å². The highest BCUT2D eigenvalue weighted by Gasteiger charge is 2.37. The molecule has 36 heavy (non-hydrogen) atoms. The number of nitrogens with zero attached hydrogens (tertiary/aromatic N) is 3. The van der Waals surface area contributed by atoms with Gasteiger partial charge < -0.3 is 0 Å². The van der Waals surface area contributed by atoms with Gasteiger partial charge in [0.1, 0.15) is 20.5 Å². The lowest BCUT2D eigenvalue weighted by atomic mass is 10.0. The van der Waals surface area contributed by atoms with Crippen LogP contribution in [0, 0.1) is 17.5 Å². The Balaban J connectivity index is 2.32. The summed E-state index contributed by atoms with van der Waals surface area (Å²) in [6.45, 7) is 2.93. The number of fused-ring (bicyclic) bond motifs is 1. The van der Waals surface area contributed by atoms with Crippen molar-refractivity contribution in [3.8, 4) is 0 Å². The predicted octanol–water partition coefficient (Wildman–Crippen LogP) is 4.15. The van der Waals surface area contributed by atoms with Gasteiger partial charge in [-0.15, -0.1) is 0 Å². The Kier molecular flexibility index (Phi) is 8.09. The minimum absolute atomic E-state index is 0.0178. The Morgan fingerprint density at radius 2 is 1.69 bits per heavy atom. The van der Waals surface area contributed by atoms with Crippen molar-refractivity contribution in [2.75, 3.05) is 15.2 Å². The first-order chi connectivity index (χ1) is 16.9. The van der Waals surface area contributed by atoms with E-state index in [2.05, 4.69) is 9.97 Å². The third-order valence-electron chi connectivity index (χ3n) is 4.93. The number of hydrogen-bond acceptors (Lipinski definition) is 7. The molecule has 0 amide bonds. The van der Waals surface area contributed by atoms with Crippen LogP contribution < -0.4 is 3.71 Å². The number of ketones is 1. The molecule has 0 N–H and O–H groups in total. The lowest BCUT2D eigenvalue weighted by Gasteiger charge is -2.27. The second kappa shape index (κ2) is 10.6. The van der Waals surface area contributed by atoms with Crippen LogP contribution in [0.4, 0.5) is 18.9 Å². The van der Waals surface area contributed by atoms with Crippen molar-refractivity contribution in [3.63, 3.8) is 0 Å². The number of rotatable bonds is 9. The fourth-order valence-corrected chi connectivity index (χ4v) is 8.05. The van der Waals surface area contributed by atoms with Crippen molar-refractivity contribution in [1.29, 1.82) is 0 Å². The maximum Gasteiger partial charge on any atom is 0.246 e. The molecule has 0 bridgehead atoms. The molecule has 0 fully saturated rings. The Labute approximate surface area is 210 Å². The van der Waals surface area contributed by atoms with Crippen LogP contribution in [0.2, 0.25) is 5.15 Å². The van der Waals surface area contributed by atoms with Crippen LogP contribution in [0.1, 0.15) is 42.6 Å². The summed E-state index contributed by atoms with van der Waals surface area (Å²) < 4.78 is 84.3. The van der Waals surface area contributed by atoms with Crippen LogP contribution in [-0.2, 0) is 24.5 Å². The molecule has 0 aliphatic heterocycles. The number of hydrogen-bond donors (Lipinski definition) is 0. The Morgan fingerprint density at radius 3 is 2.31 bits per heavy atom. The Hall–Kier alpha value is -2.99. The highest BCUT2D eigenvalue weighted by atomic mass is 35.5. The molecule has 0 spiro atoms. The summed E-state index contributed by atoms with van der Waals surface area (Å²) in [6, 6.07) is 3.73. The van der Waals surface area contributed by atoms with E-state index in [1.165, 1.54) is 26.1 Å². The van der Waals surface area contributed by atoms with Crippen LogP contribution in [0.5, 0.6) is 0 Å². The number of aromatic nitrogens is 2. The third-order valence-corrected chi connectivity index (χ3v) is 10.1. The summed E-state index contributed by atoms with van der Waals surface area (Å²) in [7, 11) is -8.97. The quantitative estimate of drug-likeness (QED) is 0.219. The second-order valence-corrected chi connectivity index (χ2v) is 12.4. The van der Waals surface area contributed by atoms with Crippen molar-refractivity contribution >= 4 is 59.1 Å². The molecule has 8 nitrogen and oxygen atoms in total.